The van der Waals surface area contributed by atoms with E-state index in [1.165, 1.54) is 78.5 Å². The Morgan fingerprint density at radius 2 is 1.72 bits per heavy atom. The Morgan fingerprint density at radius 1 is 1.00 bits per heavy atom. The highest BCUT2D eigenvalue weighted by Crippen LogP contribution is 2.64. The largest absolute Gasteiger partial charge is 0.497 e. The molecule has 350 valence electrons. The SMILES string of the molecule is CCCCOC(=O)N[C@@H](c1ccco1)[C@@H](O)C(=O)O[C@H]1C[C@@]2(O)[C@@H](OC(=O)c3cc(OC)ccc3OC)[C@@H]3[C@]4(OC(C)=O)CO[C@@H]4C[C@H](O)[C@@]3(C)C(=O)[C@H](OC(C)=O)C(=C1C)C2(C)C. The lowest BCUT2D eigenvalue weighted by Gasteiger charge is -2.67. The number of aliphatic hydroxyl groups is 3. The second-order valence-corrected chi connectivity index (χ2v) is 17.5. The van der Waals surface area contributed by atoms with Crippen LogP contribution < -0.4 is 14.8 Å². The number of ether oxygens (including phenoxy) is 8. The molecule has 19 nitrogen and oxygen atoms in total. The van der Waals surface area contributed by atoms with E-state index in [4.69, 9.17) is 42.3 Å². The van der Waals surface area contributed by atoms with Crippen LogP contribution in [-0.4, -0.2) is 126 Å². The van der Waals surface area contributed by atoms with Crippen LogP contribution in [0.4, 0.5) is 4.79 Å². The predicted molar refractivity (Wildman–Crippen MR) is 219 cm³/mol. The Kier molecular flexibility index (Phi) is 13.6. The number of rotatable bonds is 14. The first-order valence-corrected chi connectivity index (χ1v) is 21.0. The van der Waals surface area contributed by atoms with Gasteiger partial charge in [-0.2, -0.15) is 0 Å². The van der Waals surface area contributed by atoms with Crippen LogP contribution in [0.1, 0.15) is 96.3 Å². The molecule has 2 bridgehead atoms. The molecule has 0 radical (unpaired) electrons. The molecule has 2 saturated carbocycles. The van der Waals surface area contributed by atoms with Crippen LogP contribution in [0.3, 0.4) is 0 Å². The first-order valence-electron chi connectivity index (χ1n) is 21.0. The monoisotopic (exact) mass is 899 g/mol. The summed E-state index contributed by atoms with van der Waals surface area (Å²) in [5.41, 5.74) is -8.32. The maximum atomic E-state index is 15.6. The third-order valence-electron chi connectivity index (χ3n) is 13.5. The van der Waals surface area contributed by atoms with E-state index in [1.807, 2.05) is 6.92 Å². The molecule has 0 spiro atoms. The van der Waals surface area contributed by atoms with Gasteiger partial charge in [-0.25, -0.2) is 14.4 Å². The number of nitrogens with one attached hydrogen (secondary N) is 1. The molecule has 1 aromatic carbocycles. The second kappa shape index (κ2) is 18.2. The molecule has 3 aliphatic carbocycles. The van der Waals surface area contributed by atoms with Crippen LogP contribution in [0.2, 0.25) is 0 Å². The van der Waals surface area contributed by atoms with Crippen molar-refractivity contribution in [1.82, 2.24) is 5.32 Å². The fraction of sp³-hybridized carbons (Fsp3) is 0.600. The van der Waals surface area contributed by atoms with Crippen molar-refractivity contribution in [2.24, 2.45) is 16.7 Å². The Labute approximate surface area is 369 Å². The van der Waals surface area contributed by atoms with Gasteiger partial charge in [0.25, 0.3) is 0 Å². The minimum atomic E-state index is -2.49. The zero-order chi connectivity index (χ0) is 47.1. The minimum Gasteiger partial charge on any atom is -0.497 e. The highest BCUT2D eigenvalue weighted by molar-refractivity contribution is 5.96. The maximum absolute atomic E-state index is 15.6. The minimum absolute atomic E-state index is 0.0368. The van der Waals surface area contributed by atoms with Gasteiger partial charge in [0, 0.05) is 32.1 Å². The number of Topliss-reactive ketones (excluding diaryl/α,β-unsaturated/α-hetero) is 1. The molecule has 1 aromatic heterocycles. The molecule has 6 rings (SSSR count). The predicted octanol–water partition coefficient (Wildman–Crippen LogP) is 3.44. The molecule has 1 aliphatic heterocycles. The fourth-order valence-electron chi connectivity index (χ4n) is 10.0. The Balaban J connectivity index is 1.55. The molecule has 3 fully saturated rings. The van der Waals surface area contributed by atoms with Crippen molar-refractivity contribution in [3.63, 3.8) is 0 Å². The topological polar surface area (TPSA) is 262 Å². The van der Waals surface area contributed by atoms with Crippen molar-refractivity contribution in [3.05, 3.63) is 59.1 Å². The summed E-state index contributed by atoms with van der Waals surface area (Å²) < 4.78 is 51.8. The normalized spacial score (nSPS) is 31.2. The van der Waals surface area contributed by atoms with E-state index in [1.54, 1.807) is 0 Å². The molecular formula is C45H57NO18. The number of alkyl carbamates (subject to hydrolysis) is 1. The van der Waals surface area contributed by atoms with Gasteiger partial charge in [-0.05, 0) is 61.7 Å². The smallest absolute Gasteiger partial charge is 0.407 e. The molecule has 1 saturated heterocycles. The standard InChI is InChI=1S/C45H57NO18/c1-10-11-16-59-41(54)46-33(28-13-12-17-58-28)34(50)40(53)62-29-20-45(55)38(63-39(52)26-18-25(56-8)14-15-27(26)57-9)36-43(7,30(49)19-31-44(36,21-60-31)64-24(4)48)37(51)35(61-23(3)47)32(22(29)2)42(45,5)6/h12-15,17-18,29-31,33-36,38,49-50,55H,10-11,16,19-21H2,1-9H3,(H,46,54)/t29-,30-,31+,33-,34+,35+,36-,38-,43+,44-,45+/m0/s1. The summed E-state index contributed by atoms with van der Waals surface area (Å²) in [5.74, 6) is -6.49. The number of hydrogen-bond acceptors (Lipinski definition) is 18. The van der Waals surface area contributed by atoms with Gasteiger partial charge in [-0.1, -0.05) is 27.2 Å². The highest BCUT2D eigenvalue weighted by Gasteiger charge is 2.78. The van der Waals surface area contributed by atoms with E-state index in [2.05, 4.69) is 5.32 Å². The first-order chi connectivity index (χ1) is 30.1. The number of carbonyl (C=O) groups excluding carboxylic acids is 6. The number of unbranched alkanes of at least 4 members (excludes halogenated alkanes) is 1. The van der Waals surface area contributed by atoms with Gasteiger partial charge in [0.2, 0.25) is 0 Å². The van der Waals surface area contributed by atoms with Gasteiger partial charge in [0.1, 0.15) is 52.8 Å². The number of aliphatic hydroxyl groups excluding tert-OH is 2. The highest BCUT2D eigenvalue weighted by atomic mass is 16.6. The number of esters is 4. The summed E-state index contributed by atoms with van der Waals surface area (Å²) in [7, 11) is 2.69. The first kappa shape index (κ1) is 48.0. The number of furan rings is 1. The van der Waals surface area contributed by atoms with Crippen molar-refractivity contribution in [2.45, 2.75) is 128 Å². The van der Waals surface area contributed by atoms with Crippen molar-refractivity contribution >= 4 is 35.8 Å². The average Bonchev–Trinajstić information content (AvgIpc) is 3.78. The van der Waals surface area contributed by atoms with Gasteiger partial charge in [-0.15, -0.1) is 0 Å². The molecule has 19 heteroatoms. The average molecular weight is 900 g/mol. The Bertz CT molecular complexity index is 2170. The molecule has 4 aliphatic rings. The van der Waals surface area contributed by atoms with Crippen molar-refractivity contribution in [1.29, 1.82) is 0 Å². The van der Waals surface area contributed by atoms with Crippen LogP contribution in [0.25, 0.3) is 0 Å². The van der Waals surface area contributed by atoms with Crippen LogP contribution >= 0.6 is 0 Å². The summed E-state index contributed by atoms with van der Waals surface area (Å²) >= 11 is 0. The second-order valence-electron chi connectivity index (χ2n) is 17.5. The summed E-state index contributed by atoms with van der Waals surface area (Å²) in [6, 6.07) is 5.65. The van der Waals surface area contributed by atoms with E-state index < -0.39 is 113 Å². The van der Waals surface area contributed by atoms with E-state index in [0.717, 1.165) is 20.3 Å². The van der Waals surface area contributed by atoms with E-state index in [9.17, 15) is 39.3 Å². The Hall–Kier alpha value is -5.50. The summed E-state index contributed by atoms with van der Waals surface area (Å²) in [6.07, 6.45) is -9.55. The zero-order valence-electron chi connectivity index (χ0n) is 37.3. The third-order valence-corrected chi connectivity index (χ3v) is 13.5. The molecule has 2 aromatic rings. The molecule has 0 unspecified atom stereocenters. The maximum Gasteiger partial charge on any atom is 0.407 e. The van der Waals surface area contributed by atoms with Crippen LogP contribution in [0.15, 0.2) is 52.2 Å². The lowest BCUT2D eigenvalue weighted by molar-refractivity contribution is -0.346. The van der Waals surface area contributed by atoms with E-state index in [-0.39, 0.29) is 53.6 Å². The molecule has 1 amide bonds. The molecule has 64 heavy (non-hydrogen) atoms. The summed E-state index contributed by atoms with van der Waals surface area (Å²) in [6.45, 7) is 9.66. The molecule has 11 atom stereocenters. The van der Waals surface area contributed by atoms with Crippen LogP contribution in [0.5, 0.6) is 11.5 Å². The van der Waals surface area contributed by atoms with E-state index in [0.29, 0.717) is 6.42 Å². The lowest BCUT2D eigenvalue weighted by Crippen LogP contribution is -2.82. The number of fused-ring (bicyclic) bond motifs is 5. The zero-order valence-corrected chi connectivity index (χ0v) is 37.3. The summed E-state index contributed by atoms with van der Waals surface area (Å²) in [4.78, 5) is 83.3. The number of benzene rings is 1. The fourth-order valence-corrected chi connectivity index (χ4v) is 10.0. The number of methoxy groups -OCH3 is 2. The van der Waals surface area contributed by atoms with Gasteiger partial charge < -0.3 is 62.9 Å². The molecule has 4 N–H and O–H groups in total. The van der Waals surface area contributed by atoms with Gasteiger partial charge in [-0.3, -0.25) is 14.4 Å². The van der Waals surface area contributed by atoms with Crippen molar-refractivity contribution in [2.75, 3.05) is 27.4 Å². The van der Waals surface area contributed by atoms with Gasteiger partial charge >= 0.3 is 30.0 Å². The molecule has 2 heterocycles. The lowest BCUT2D eigenvalue weighted by atomic mass is 9.44. The molecular weight excluding hydrogens is 842 g/mol. The summed E-state index contributed by atoms with van der Waals surface area (Å²) in [5, 5.41) is 39.9. The third kappa shape index (κ3) is 8.11. The Morgan fingerprint density at radius 3 is 2.30 bits per heavy atom. The van der Waals surface area contributed by atoms with Crippen molar-refractivity contribution < 1.29 is 86.4 Å². The van der Waals surface area contributed by atoms with Gasteiger partial charge in [0.05, 0.1) is 51.1 Å². The number of carbonyl (C=O) groups is 6. The van der Waals surface area contributed by atoms with Crippen LogP contribution in [0, 0.1) is 16.7 Å². The van der Waals surface area contributed by atoms with E-state index >= 15 is 4.79 Å². The number of amides is 1. The quantitative estimate of drug-likeness (QED) is 0.0916. The van der Waals surface area contributed by atoms with Gasteiger partial charge in [0.15, 0.2) is 23.6 Å². The van der Waals surface area contributed by atoms with Crippen LogP contribution in [-0.2, 0) is 47.6 Å². The van der Waals surface area contributed by atoms with Crippen molar-refractivity contribution in [3.8, 4) is 11.5 Å². The number of hydrogen-bond donors (Lipinski definition) is 4. The number of ketones is 1.